The Bertz CT molecular complexity index is 1660. The second-order valence-corrected chi connectivity index (χ2v) is 13.4. The molecular formula is C38H46ClFN4O6. The minimum Gasteiger partial charge on any atom is -0.444 e. The number of amides is 4. The van der Waals surface area contributed by atoms with Gasteiger partial charge in [0.1, 0.15) is 17.5 Å². The number of rotatable bonds is 11. The van der Waals surface area contributed by atoms with Gasteiger partial charge < -0.3 is 25.6 Å². The van der Waals surface area contributed by atoms with E-state index in [2.05, 4.69) is 22.9 Å². The second kappa shape index (κ2) is 18.8. The van der Waals surface area contributed by atoms with E-state index in [4.69, 9.17) is 16.3 Å². The van der Waals surface area contributed by atoms with E-state index in [1.165, 1.54) is 29.2 Å². The van der Waals surface area contributed by atoms with Crippen molar-refractivity contribution in [3.63, 3.8) is 0 Å². The third-order valence-electron chi connectivity index (χ3n) is 7.67. The summed E-state index contributed by atoms with van der Waals surface area (Å²) >= 11 is 6.02. The molecule has 268 valence electrons. The van der Waals surface area contributed by atoms with E-state index < -0.39 is 29.3 Å². The molecule has 0 aliphatic carbocycles. The van der Waals surface area contributed by atoms with Crippen LogP contribution in [0.4, 0.5) is 14.9 Å². The van der Waals surface area contributed by atoms with Crippen LogP contribution < -0.4 is 16.0 Å². The van der Waals surface area contributed by atoms with Crippen molar-refractivity contribution in [2.45, 2.75) is 84.9 Å². The molecule has 10 nitrogen and oxygen atoms in total. The molecule has 0 aromatic heterocycles. The van der Waals surface area contributed by atoms with E-state index in [-0.39, 0.29) is 50.1 Å². The standard InChI is InChI=1S/C29H27ClFN3O4.C9H19NO2/c1-18-14-23(10-11-24(18)30)33-27(36)16-32-29(38)25-15-20-4-2-3-5-21(20)17-34(25)28(37)13-12-26(35)19-6-8-22(31)9-7-19;1-5-6-7-10-8(11)12-9(2,3)4/h2-11,14,25H,12-13,15-17H2,1H3,(H,32,38)(H,33,36);5-7H2,1-4H3,(H,10,11). The van der Waals surface area contributed by atoms with E-state index >= 15 is 0 Å². The second-order valence-electron chi connectivity index (χ2n) is 13.0. The van der Waals surface area contributed by atoms with Crippen molar-refractivity contribution in [3.8, 4) is 0 Å². The summed E-state index contributed by atoms with van der Waals surface area (Å²) in [7, 11) is 0. The van der Waals surface area contributed by atoms with Crippen LogP contribution in [0.5, 0.6) is 0 Å². The average Bonchev–Trinajstić information content (AvgIpc) is 3.07. The number of alkyl carbamates (subject to hydrolysis) is 1. The van der Waals surface area contributed by atoms with Crippen molar-refractivity contribution in [3.05, 3.63) is 99.8 Å². The fourth-order valence-electron chi connectivity index (χ4n) is 5.06. The Hall–Kier alpha value is -4.77. The summed E-state index contributed by atoms with van der Waals surface area (Å²) in [5, 5.41) is 8.61. The first-order chi connectivity index (χ1) is 23.7. The van der Waals surface area contributed by atoms with Crippen molar-refractivity contribution in [1.29, 1.82) is 0 Å². The van der Waals surface area contributed by atoms with Crippen molar-refractivity contribution < 1.29 is 33.1 Å². The van der Waals surface area contributed by atoms with Crippen LogP contribution >= 0.6 is 11.6 Å². The number of anilines is 1. The molecule has 1 aliphatic rings. The molecule has 4 rings (SSSR count). The number of halogens is 2. The Morgan fingerprint density at radius 1 is 0.940 bits per heavy atom. The van der Waals surface area contributed by atoms with Gasteiger partial charge in [0, 0.05) is 48.6 Å². The third-order valence-corrected chi connectivity index (χ3v) is 8.09. The Balaban J connectivity index is 0.000000482. The lowest BCUT2D eigenvalue weighted by Gasteiger charge is -2.36. The SMILES string of the molecule is CCCCNC(=O)OC(C)(C)C.Cc1cc(NC(=O)CNC(=O)C2Cc3ccccc3CN2C(=O)CCC(=O)c2ccc(F)cc2)ccc1Cl. The summed E-state index contributed by atoms with van der Waals surface area (Å²) in [6, 6.07) is 16.9. The number of nitrogens with one attached hydrogen (secondary N) is 3. The number of aryl methyl sites for hydroxylation is 1. The molecular weight excluding hydrogens is 663 g/mol. The molecule has 3 N–H and O–H groups in total. The molecule has 3 aromatic carbocycles. The Morgan fingerprint density at radius 2 is 1.62 bits per heavy atom. The van der Waals surface area contributed by atoms with Crippen LogP contribution in [0.15, 0.2) is 66.7 Å². The number of carbonyl (C=O) groups is 5. The van der Waals surface area contributed by atoms with Crippen molar-refractivity contribution in [2.24, 2.45) is 0 Å². The van der Waals surface area contributed by atoms with Gasteiger partial charge in [0.2, 0.25) is 17.7 Å². The molecule has 1 heterocycles. The van der Waals surface area contributed by atoms with Gasteiger partial charge in [-0.1, -0.05) is 49.2 Å². The summed E-state index contributed by atoms with van der Waals surface area (Å²) in [4.78, 5) is 63.8. The molecule has 0 saturated carbocycles. The number of carbonyl (C=O) groups excluding carboxylic acids is 5. The highest BCUT2D eigenvalue weighted by Gasteiger charge is 2.34. The monoisotopic (exact) mass is 708 g/mol. The van der Waals surface area contributed by atoms with E-state index in [0.717, 1.165) is 29.5 Å². The number of hydrogen-bond donors (Lipinski definition) is 3. The van der Waals surface area contributed by atoms with Gasteiger partial charge >= 0.3 is 6.09 Å². The predicted octanol–water partition coefficient (Wildman–Crippen LogP) is 6.77. The quantitative estimate of drug-likeness (QED) is 0.149. The topological polar surface area (TPSA) is 134 Å². The Labute approximate surface area is 298 Å². The van der Waals surface area contributed by atoms with Crippen LogP contribution in [0.25, 0.3) is 0 Å². The van der Waals surface area contributed by atoms with E-state index in [1.807, 2.05) is 52.0 Å². The van der Waals surface area contributed by atoms with Gasteiger partial charge in [0.15, 0.2) is 5.78 Å². The van der Waals surface area contributed by atoms with Gasteiger partial charge in [0.25, 0.3) is 0 Å². The maximum atomic E-state index is 13.2. The molecule has 3 aromatic rings. The number of nitrogens with zero attached hydrogens (tertiary/aromatic N) is 1. The third kappa shape index (κ3) is 12.9. The largest absolute Gasteiger partial charge is 0.444 e. The van der Waals surface area contributed by atoms with E-state index in [0.29, 0.717) is 22.8 Å². The van der Waals surface area contributed by atoms with Gasteiger partial charge in [-0.05, 0) is 93.3 Å². The zero-order valence-electron chi connectivity index (χ0n) is 29.2. The van der Waals surface area contributed by atoms with Crippen LogP contribution in [0.1, 0.15) is 80.4 Å². The number of unbranched alkanes of at least 4 members (excludes halogenated alkanes) is 1. The van der Waals surface area contributed by atoms with E-state index in [9.17, 15) is 28.4 Å². The Morgan fingerprint density at radius 3 is 2.26 bits per heavy atom. The number of Topliss-reactive ketones (excluding diaryl/α,β-unsaturated/α-hetero) is 1. The zero-order valence-corrected chi connectivity index (χ0v) is 30.0. The molecule has 0 bridgehead atoms. The van der Waals surface area contributed by atoms with Gasteiger partial charge in [0.05, 0.1) is 6.54 Å². The van der Waals surface area contributed by atoms with Gasteiger partial charge in [-0.3, -0.25) is 19.2 Å². The summed E-state index contributed by atoms with van der Waals surface area (Å²) in [5.74, 6) is -1.96. The molecule has 4 amide bonds. The number of fused-ring (bicyclic) bond motifs is 1. The van der Waals surface area contributed by atoms with Crippen LogP contribution in [0, 0.1) is 12.7 Å². The Kier molecular flexibility index (Phi) is 14.9. The number of ketones is 1. The lowest BCUT2D eigenvalue weighted by Crippen LogP contribution is -2.53. The molecule has 0 saturated heterocycles. The minimum atomic E-state index is -0.830. The van der Waals surface area contributed by atoms with Gasteiger partial charge in [-0.25, -0.2) is 9.18 Å². The maximum absolute atomic E-state index is 13.2. The number of benzene rings is 3. The van der Waals surface area contributed by atoms with Crippen molar-refractivity contribution in [2.75, 3.05) is 18.4 Å². The summed E-state index contributed by atoms with van der Waals surface area (Å²) < 4.78 is 18.2. The average molecular weight is 709 g/mol. The molecule has 12 heteroatoms. The molecule has 1 atom stereocenters. The summed E-state index contributed by atoms with van der Waals surface area (Å²) in [6.45, 7) is 10.1. The highest BCUT2D eigenvalue weighted by Crippen LogP contribution is 2.25. The fourth-order valence-corrected chi connectivity index (χ4v) is 5.18. The molecule has 0 fully saturated rings. The molecule has 50 heavy (non-hydrogen) atoms. The van der Waals surface area contributed by atoms with Crippen molar-refractivity contribution in [1.82, 2.24) is 15.5 Å². The minimum absolute atomic E-state index is 0.0696. The van der Waals surface area contributed by atoms with Crippen LogP contribution in [-0.4, -0.2) is 59.2 Å². The highest BCUT2D eigenvalue weighted by molar-refractivity contribution is 6.31. The molecule has 0 radical (unpaired) electrons. The first-order valence-corrected chi connectivity index (χ1v) is 17.0. The first-order valence-electron chi connectivity index (χ1n) is 16.6. The molecule has 0 spiro atoms. The van der Waals surface area contributed by atoms with Gasteiger partial charge in [-0.15, -0.1) is 0 Å². The molecule has 1 aliphatic heterocycles. The summed E-state index contributed by atoms with van der Waals surface area (Å²) in [6.07, 6.45) is 1.88. The number of hydrogen-bond acceptors (Lipinski definition) is 6. The normalized spacial score (nSPS) is 13.6. The van der Waals surface area contributed by atoms with Gasteiger partial charge in [-0.2, -0.15) is 0 Å². The molecule has 1 unspecified atom stereocenters. The highest BCUT2D eigenvalue weighted by atomic mass is 35.5. The predicted molar refractivity (Wildman–Crippen MR) is 191 cm³/mol. The fraction of sp³-hybridized carbons (Fsp3) is 0.395. The lowest BCUT2D eigenvalue weighted by atomic mass is 9.93. The summed E-state index contributed by atoms with van der Waals surface area (Å²) in [5.41, 5.74) is 3.16. The van der Waals surface area contributed by atoms with E-state index in [1.54, 1.807) is 18.2 Å². The smallest absolute Gasteiger partial charge is 0.407 e. The van der Waals surface area contributed by atoms with Crippen molar-refractivity contribution >= 4 is 46.9 Å². The van der Waals surface area contributed by atoms with Crippen LogP contribution in [0.3, 0.4) is 0 Å². The zero-order chi connectivity index (χ0) is 36.8. The first kappa shape index (κ1) is 39.7. The maximum Gasteiger partial charge on any atom is 0.407 e. The lowest BCUT2D eigenvalue weighted by molar-refractivity contribution is -0.142. The van der Waals surface area contributed by atoms with Crippen LogP contribution in [-0.2, 0) is 32.1 Å². The van der Waals surface area contributed by atoms with Crippen LogP contribution in [0.2, 0.25) is 5.02 Å². The number of ether oxygens (including phenoxy) is 1.